The van der Waals surface area contributed by atoms with Gasteiger partial charge in [0.15, 0.2) is 10.6 Å². The largest absolute Gasteiger partial charge is 0.302 e. The van der Waals surface area contributed by atoms with E-state index in [-0.39, 0.29) is 0 Å². The standard InChI is InChI=1S/C13H17N5S/c1-17-7-3-5-11(17)9-18-12(15-16-13(18)19)10-4-2-6-14-8-10/h2,4,6,8,11H,3,5,7,9H2,1H3,(H,16,19). The molecule has 0 saturated carbocycles. The Hall–Kier alpha value is -1.53. The molecule has 0 radical (unpaired) electrons. The number of hydrogen-bond acceptors (Lipinski definition) is 4. The number of rotatable bonds is 3. The van der Waals surface area contributed by atoms with Gasteiger partial charge in [-0.15, -0.1) is 0 Å². The van der Waals surface area contributed by atoms with Crippen molar-refractivity contribution in [1.82, 2.24) is 24.6 Å². The van der Waals surface area contributed by atoms with Gasteiger partial charge in [0, 0.05) is 30.5 Å². The molecule has 0 aliphatic carbocycles. The molecule has 1 fully saturated rings. The fraction of sp³-hybridized carbons (Fsp3) is 0.462. The lowest BCUT2D eigenvalue weighted by Crippen LogP contribution is -2.29. The van der Waals surface area contributed by atoms with Crippen molar-refractivity contribution in [2.24, 2.45) is 0 Å². The van der Waals surface area contributed by atoms with Crippen LogP contribution in [0.3, 0.4) is 0 Å². The maximum Gasteiger partial charge on any atom is 0.195 e. The van der Waals surface area contributed by atoms with E-state index in [9.17, 15) is 0 Å². The summed E-state index contributed by atoms with van der Waals surface area (Å²) < 4.78 is 2.76. The Kier molecular flexibility index (Phi) is 3.44. The molecule has 6 heteroatoms. The highest BCUT2D eigenvalue weighted by atomic mass is 32.1. The van der Waals surface area contributed by atoms with Crippen LogP contribution >= 0.6 is 12.2 Å². The third-order valence-electron chi connectivity index (χ3n) is 3.74. The van der Waals surface area contributed by atoms with E-state index >= 15 is 0 Å². The fourth-order valence-electron chi connectivity index (χ4n) is 2.62. The molecule has 100 valence electrons. The van der Waals surface area contributed by atoms with Crippen LogP contribution in [0.15, 0.2) is 24.5 Å². The zero-order valence-corrected chi connectivity index (χ0v) is 11.7. The molecule has 0 amide bonds. The summed E-state index contributed by atoms with van der Waals surface area (Å²) in [6, 6.07) is 4.46. The minimum atomic E-state index is 0.541. The third kappa shape index (κ3) is 2.46. The molecule has 1 aliphatic rings. The van der Waals surface area contributed by atoms with Crippen molar-refractivity contribution < 1.29 is 0 Å². The van der Waals surface area contributed by atoms with E-state index in [1.54, 1.807) is 6.20 Å². The maximum atomic E-state index is 5.35. The van der Waals surface area contributed by atoms with Crippen LogP contribution < -0.4 is 0 Å². The van der Waals surface area contributed by atoms with Gasteiger partial charge in [0.2, 0.25) is 0 Å². The first kappa shape index (κ1) is 12.5. The topological polar surface area (TPSA) is 49.7 Å². The Bertz CT molecular complexity index is 603. The van der Waals surface area contributed by atoms with Crippen molar-refractivity contribution in [2.75, 3.05) is 13.6 Å². The molecule has 0 aromatic carbocycles. The number of pyridine rings is 1. The van der Waals surface area contributed by atoms with E-state index in [0.717, 1.165) is 24.5 Å². The first-order chi connectivity index (χ1) is 9.25. The Labute approximate surface area is 117 Å². The number of likely N-dealkylation sites (tertiary alicyclic amines) is 1. The van der Waals surface area contributed by atoms with Crippen LogP contribution in [0, 0.1) is 4.77 Å². The van der Waals surface area contributed by atoms with Crippen LogP contribution in [0.2, 0.25) is 0 Å². The molecule has 19 heavy (non-hydrogen) atoms. The SMILES string of the molecule is CN1CCCC1Cn1c(-c2cccnc2)n[nH]c1=S. The van der Waals surface area contributed by atoms with E-state index in [0.29, 0.717) is 10.8 Å². The molecule has 1 N–H and O–H groups in total. The molecule has 2 aromatic rings. The van der Waals surface area contributed by atoms with Crippen LogP contribution in [-0.4, -0.2) is 44.3 Å². The minimum absolute atomic E-state index is 0.541. The number of hydrogen-bond donors (Lipinski definition) is 1. The molecule has 1 unspecified atom stereocenters. The van der Waals surface area contributed by atoms with Gasteiger partial charge < -0.3 is 4.90 Å². The van der Waals surface area contributed by atoms with E-state index in [1.165, 1.54) is 12.8 Å². The van der Waals surface area contributed by atoms with Crippen molar-refractivity contribution >= 4 is 12.2 Å². The van der Waals surface area contributed by atoms with Gasteiger partial charge in [-0.05, 0) is 50.8 Å². The molecule has 2 aromatic heterocycles. The van der Waals surface area contributed by atoms with Gasteiger partial charge in [0.05, 0.1) is 0 Å². The number of aromatic nitrogens is 4. The Balaban J connectivity index is 1.93. The van der Waals surface area contributed by atoms with E-state index in [2.05, 4.69) is 31.7 Å². The Morgan fingerprint density at radius 2 is 2.42 bits per heavy atom. The molecule has 1 atom stereocenters. The molecule has 0 bridgehead atoms. The van der Waals surface area contributed by atoms with Gasteiger partial charge in [-0.1, -0.05) is 0 Å². The fourth-order valence-corrected chi connectivity index (χ4v) is 2.83. The number of likely N-dealkylation sites (N-methyl/N-ethyl adjacent to an activating group) is 1. The molecule has 5 nitrogen and oxygen atoms in total. The number of nitrogens with one attached hydrogen (secondary N) is 1. The highest BCUT2D eigenvalue weighted by Crippen LogP contribution is 2.21. The van der Waals surface area contributed by atoms with Crippen LogP contribution in [-0.2, 0) is 6.54 Å². The van der Waals surface area contributed by atoms with Crippen LogP contribution in [0.4, 0.5) is 0 Å². The van der Waals surface area contributed by atoms with Crippen LogP contribution in [0.25, 0.3) is 11.4 Å². The van der Waals surface area contributed by atoms with Gasteiger partial charge in [0.25, 0.3) is 0 Å². The molecular formula is C13H17N5S. The highest BCUT2D eigenvalue weighted by Gasteiger charge is 2.23. The Morgan fingerprint density at radius 3 is 3.11 bits per heavy atom. The lowest BCUT2D eigenvalue weighted by atomic mass is 10.2. The van der Waals surface area contributed by atoms with Gasteiger partial charge in [0.1, 0.15) is 0 Å². The molecule has 1 saturated heterocycles. The van der Waals surface area contributed by atoms with Crippen molar-refractivity contribution in [3.05, 3.63) is 29.3 Å². The van der Waals surface area contributed by atoms with Gasteiger partial charge in [-0.25, -0.2) is 0 Å². The predicted molar refractivity (Wildman–Crippen MR) is 76.3 cm³/mol. The van der Waals surface area contributed by atoms with Crippen LogP contribution in [0.5, 0.6) is 0 Å². The van der Waals surface area contributed by atoms with Crippen molar-refractivity contribution in [1.29, 1.82) is 0 Å². The van der Waals surface area contributed by atoms with Crippen LogP contribution in [0.1, 0.15) is 12.8 Å². The second kappa shape index (κ2) is 5.22. The summed E-state index contributed by atoms with van der Waals surface area (Å²) in [6.07, 6.45) is 6.06. The summed E-state index contributed by atoms with van der Waals surface area (Å²) in [5, 5.41) is 7.23. The number of H-pyrrole nitrogens is 1. The van der Waals surface area contributed by atoms with E-state index < -0.39 is 0 Å². The smallest absolute Gasteiger partial charge is 0.195 e. The molecule has 3 rings (SSSR count). The number of aromatic amines is 1. The summed E-state index contributed by atoms with van der Waals surface area (Å²) in [6.45, 7) is 2.05. The first-order valence-corrected chi connectivity index (χ1v) is 6.92. The zero-order chi connectivity index (χ0) is 13.2. The third-order valence-corrected chi connectivity index (χ3v) is 4.05. The molecule has 0 spiro atoms. The summed E-state index contributed by atoms with van der Waals surface area (Å²) in [7, 11) is 2.17. The van der Waals surface area contributed by atoms with E-state index in [1.807, 2.05) is 18.3 Å². The minimum Gasteiger partial charge on any atom is -0.302 e. The lowest BCUT2D eigenvalue weighted by molar-refractivity contribution is 0.282. The Morgan fingerprint density at radius 1 is 1.53 bits per heavy atom. The maximum absolute atomic E-state index is 5.35. The zero-order valence-electron chi connectivity index (χ0n) is 10.9. The second-order valence-electron chi connectivity index (χ2n) is 4.98. The van der Waals surface area contributed by atoms with Gasteiger partial charge in [-0.3, -0.25) is 14.6 Å². The summed E-state index contributed by atoms with van der Waals surface area (Å²) >= 11 is 5.35. The van der Waals surface area contributed by atoms with Crippen molar-refractivity contribution in [3.63, 3.8) is 0 Å². The molecular weight excluding hydrogens is 258 g/mol. The van der Waals surface area contributed by atoms with Crippen molar-refractivity contribution in [3.8, 4) is 11.4 Å². The summed E-state index contributed by atoms with van der Waals surface area (Å²) in [4.78, 5) is 6.54. The molecule has 3 heterocycles. The average Bonchev–Trinajstić information content (AvgIpc) is 2.99. The predicted octanol–water partition coefficient (Wildman–Crippen LogP) is 2.10. The normalized spacial score (nSPS) is 19.9. The quantitative estimate of drug-likeness (QED) is 0.872. The second-order valence-corrected chi connectivity index (χ2v) is 5.37. The van der Waals surface area contributed by atoms with Gasteiger partial charge in [-0.2, -0.15) is 5.10 Å². The molecule has 1 aliphatic heterocycles. The number of nitrogens with zero attached hydrogens (tertiary/aromatic N) is 4. The highest BCUT2D eigenvalue weighted by molar-refractivity contribution is 7.71. The monoisotopic (exact) mass is 275 g/mol. The van der Waals surface area contributed by atoms with Crippen molar-refractivity contribution in [2.45, 2.75) is 25.4 Å². The summed E-state index contributed by atoms with van der Waals surface area (Å²) in [5.74, 6) is 0.874. The first-order valence-electron chi connectivity index (χ1n) is 6.51. The summed E-state index contributed by atoms with van der Waals surface area (Å²) in [5.41, 5.74) is 0.996. The average molecular weight is 275 g/mol. The van der Waals surface area contributed by atoms with E-state index in [4.69, 9.17) is 12.2 Å². The van der Waals surface area contributed by atoms with Gasteiger partial charge >= 0.3 is 0 Å². The lowest BCUT2D eigenvalue weighted by Gasteiger charge is -2.20.